The highest BCUT2D eigenvalue weighted by Crippen LogP contribution is 2.24. The van der Waals surface area contributed by atoms with E-state index in [4.69, 9.17) is 4.74 Å². The molecule has 0 saturated carbocycles. The van der Waals surface area contributed by atoms with Gasteiger partial charge in [-0.3, -0.25) is 10.1 Å². The summed E-state index contributed by atoms with van der Waals surface area (Å²) < 4.78 is 5.26. The Bertz CT molecular complexity index is 1020. The number of nitro groups is 1. The highest BCUT2D eigenvalue weighted by Gasteiger charge is 2.11. The minimum Gasteiger partial charge on any atom is -0.507 e. The van der Waals surface area contributed by atoms with Crippen LogP contribution in [0.15, 0.2) is 60.7 Å². The molecular weight excluding hydrogens is 370 g/mol. The average molecular weight is 391 g/mol. The van der Waals surface area contributed by atoms with Crippen LogP contribution < -0.4 is 4.74 Å². The summed E-state index contributed by atoms with van der Waals surface area (Å²) in [5.41, 5.74) is 4.31. The number of aromatic hydroxyl groups is 1. The lowest BCUT2D eigenvalue weighted by Crippen LogP contribution is -2.08. The fraction of sp³-hybridized carbons (Fsp3) is 0.174. The van der Waals surface area contributed by atoms with E-state index in [2.05, 4.69) is 0 Å². The molecule has 0 bridgehead atoms. The number of hydrogen-bond donors (Lipinski definition) is 1. The molecule has 0 unspecified atom stereocenters. The zero-order valence-electron chi connectivity index (χ0n) is 16.2. The summed E-state index contributed by atoms with van der Waals surface area (Å²) in [6.07, 6.45) is 1.63. The van der Waals surface area contributed by atoms with Gasteiger partial charge in [0.2, 0.25) is 0 Å². The summed E-state index contributed by atoms with van der Waals surface area (Å²) >= 11 is 0. The summed E-state index contributed by atoms with van der Waals surface area (Å²) in [6.45, 7) is 3.77. The highest BCUT2D eigenvalue weighted by atomic mass is 16.6. The molecule has 0 saturated heterocycles. The number of nitrogens with zero attached hydrogens (tertiary/aromatic N) is 1. The van der Waals surface area contributed by atoms with Crippen molar-refractivity contribution < 1.29 is 19.6 Å². The van der Waals surface area contributed by atoms with E-state index in [1.807, 2.05) is 38.1 Å². The number of hydrogen-bond acceptors (Lipinski definition) is 5. The minimum absolute atomic E-state index is 0.0619. The maximum Gasteiger partial charge on any atom is 0.343 e. The molecule has 0 aliphatic rings. The normalized spacial score (nSPS) is 10.6. The van der Waals surface area contributed by atoms with Crippen molar-refractivity contribution in [1.82, 2.24) is 0 Å². The van der Waals surface area contributed by atoms with Crippen molar-refractivity contribution in [3.05, 3.63) is 98.6 Å². The number of phenolic OH excluding ortho intramolecular Hbond substituents is 1. The van der Waals surface area contributed by atoms with Crippen LogP contribution in [0.1, 0.15) is 32.6 Å². The van der Waals surface area contributed by atoms with Gasteiger partial charge >= 0.3 is 5.97 Å². The van der Waals surface area contributed by atoms with Gasteiger partial charge < -0.3 is 9.84 Å². The lowest BCUT2D eigenvalue weighted by Gasteiger charge is -2.09. The van der Waals surface area contributed by atoms with Crippen LogP contribution in [0, 0.1) is 24.0 Å². The Kier molecular flexibility index (Phi) is 5.93. The molecule has 3 aromatic carbocycles. The fourth-order valence-corrected chi connectivity index (χ4v) is 3.09. The van der Waals surface area contributed by atoms with Gasteiger partial charge in [0.05, 0.1) is 10.5 Å². The predicted octanol–water partition coefficient (Wildman–Crippen LogP) is 4.92. The molecule has 3 aromatic rings. The summed E-state index contributed by atoms with van der Waals surface area (Å²) in [5.74, 6) is 0.0718. The molecular formula is C23H21NO5. The van der Waals surface area contributed by atoms with Gasteiger partial charge in [0.1, 0.15) is 11.5 Å². The molecule has 3 rings (SSSR count). The molecule has 0 fully saturated rings. The molecule has 0 heterocycles. The zero-order chi connectivity index (χ0) is 21.0. The molecule has 0 spiro atoms. The summed E-state index contributed by atoms with van der Waals surface area (Å²) in [6, 6.07) is 16.5. The van der Waals surface area contributed by atoms with Crippen LogP contribution in [0.25, 0.3) is 0 Å². The van der Waals surface area contributed by atoms with E-state index in [1.54, 1.807) is 12.1 Å². The molecule has 6 heteroatoms. The zero-order valence-corrected chi connectivity index (χ0v) is 16.2. The largest absolute Gasteiger partial charge is 0.507 e. The molecule has 0 aromatic heterocycles. The predicted molar refractivity (Wildman–Crippen MR) is 109 cm³/mol. The van der Waals surface area contributed by atoms with Gasteiger partial charge in [-0.05, 0) is 73.2 Å². The number of phenols is 1. The molecule has 29 heavy (non-hydrogen) atoms. The molecule has 148 valence electrons. The maximum atomic E-state index is 12.3. The van der Waals surface area contributed by atoms with E-state index < -0.39 is 10.9 Å². The number of ether oxygens (including phenoxy) is 1. The van der Waals surface area contributed by atoms with Crippen molar-refractivity contribution >= 4 is 11.7 Å². The number of carbonyl (C=O) groups is 1. The van der Waals surface area contributed by atoms with Gasteiger partial charge in [-0.2, -0.15) is 0 Å². The smallest absolute Gasteiger partial charge is 0.343 e. The molecule has 0 amide bonds. The Hall–Kier alpha value is -3.67. The Balaban J connectivity index is 1.60. The van der Waals surface area contributed by atoms with Gasteiger partial charge in [0.15, 0.2) is 0 Å². The molecule has 0 aliphatic heterocycles. The first kappa shape index (κ1) is 20.1. The van der Waals surface area contributed by atoms with Gasteiger partial charge in [-0.15, -0.1) is 0 Å². The van der Waals surface area contributed by atoms with Crippen molar-refractivity contribution in [3.63, 3.8) is 0 Å². The number of benzene rings is 3. The van der Waals surface area contributed by atoms with E-state index in [0.717, 1.165) is 35.1 Å². The Morgan fingerprint density at radius 3 is 2.03 bits per heavy atom. The third kappa shape index (κ3) is 4.99. The number of aryl methyl sites for hydroxylation is 4. The Morgan fingerprint density at radius 1 is 0.931 bits per heavy atom. The lowest BCUT2D eigenvalue weighted by molar-refractivity contribution is -0.384. The van der Waals surface area contributed by atoms with Crippen LogP contribution in [0.5, 0.6) is 11.5 Å². The standard InChI is InChI=1S/C23H21NO5/c1-15-13-18(14-16(2)22(15)25)4-3-17-5-7-19(8-6-17)23(26)29-21-11-9-20(10-12-21)24(27)28/h5-14,25H,3-4H2,1-2H3. The van der Waals surface area contributed by atoms with Crippen LogP contribution in [-0.2, 0) is 12.8 Å². The number of rotatable bonds is 6. The molecule has 6 nitrogen and oxygen atoms in total. The second-order valence-electron chi connectivity index (χ2n) is 6.92. The summed E-state index contributed by atoms with van der Waals surface area (Å²) in [7, 11) is 0. The quantitative estimate of drug-likeness (QED) is 0.279. The number of non-ortho nitro benzene ring substituents is 1. The molecule has 1 N–H and O–H groups in total. The Morgan fingerprint density at radius 2 is 1.48 bits per heavy atom. The van der Waals surface area contributed by atoms with E-state index >= 15 is 0 Å². The summed E-state index contributed by atoms with van der Waals surface area (Å²) in [5, 5.41) is 20.5. The number of nitro benzene ring substituents is 1. The van der Waals surface area contributed by atoms with Crippen LogP contribution in [0.4, 0.5) is 5.69 Å². The first-order valence-corrected chi connectivity index (χ1v) is 9.18. The summed E-state index contributed by atoms with van der Waals surface area (Å²) in [4.78, 5) is 22.4. The van der Waals surface area contributed by atoms with Gasteiger partial charge in [-0.25, -0.2) is 4.79 Å². The van der Waals surface area contributed by atoms with E-state index in [0.29, 0.717) is 11.3 Å². The topological polar surface area (TPSA) is 89.7 Å². The van der Waals surface area contributed by atoms with Crippen molar-refractivity contribution in [1.29, 1.82) is 0 Å². The highest BCUT2D eigenvalue weighted by molar-refractivity contribution is 5.91. The van der Waals surface area contributed by atoms with E-state index in [1.165, 1.54) is 24.3 Å². The fourth-order valence-electron chi connectivity index (χ4n) is 3.09. The first-order chi connectivity index (χ1) is 13.8. The van der Waals surface area contributed by atoms with Gasteiger partial charge in [-0.1, -0.05) is 24.3 Å². The van der Waals surface area contributed by atoms with Crippen LogP contribution >= 0.6 is 0 Å². The molecule has 0 radical (unpaired) electrons. The van der Waals surface area contributed by atoms with Crippen LogP contribution in [0.3, 0.4) is 0 Å². The van der Waals surface area contributed by atoms with E-state index in [9.17, 15) is 20.0 Å². The monoisotopic (exact) mass is 391 g/mol. The average Bonchev–Trinajstić information content (AvgIpc) is 2.71. The SMILES string of the molecule is Cc1cc(CCc2ccc(C(=O)Oc3ccc([N+](=O)[O-])cc3)cc2)cc(C)c1O. The number of esters is 1. The maximum absolute atomic E-state index is 12.3. The van der Waals surface area contributed by atoms with Gasteiger partial charge in [0, 0.05) is 12.1 Å². The molecule has 0 atom stereocenters. The third-order valence-corrected chi connectivity index (χ3v) is 4.70. The minimum atomic E-state index is -0.518. The van der Waals surface area contributed by atoms with Gasteiger partial charge in [0.25, 0.3) is 5.69 Å². The van der Waals surface area contributed by atoms with Crippen molar-refractivity contribution in [2.24, 2.45) is 0 Å². The number of carbonyl (C=O) groups excluding carboxylic acids is 1. The second-order valence-corrected chi connectivity index (χ2v) is 6.92. The van der Waals surface area contributed by atoms with Crippen LogP contribution in [-0.4, -0.2) is 16.0 Å². The lowest BCUT2D eigenvalue weighted by atomic mass is 9.99. The molecule has 0 aliphatic carbocycles. The first-order valence-electron chi connectivity index (χ1n) is 9.18. The second kappa shape index (κ2) is 8.56. The van der Waals surface area contributed by atoms with E-state index in [-0.39, 0.29) is 11.4 Å². The van der Waals surface area contributed by atoms with Crippen molar-refractivity contribution in [2.75, 3.05) is 0 Å². The third-order valence-electron chi connectivity index (χ3n) is 4.70. The van der Waals surface area contributed by atoms with Crippen molar-refractivity contribution in [2.45, 2.75) is 26.7 Å². The Labute approximate surface area is 168 Å². The van der Waals surface area contributed by atoms with Crippen LogP contribution in [0.2, 0.25) is 0 Å². The van der Waals surface area contributed by atoms with Crippen molar-refractivity contribution in [3.8, 4) is 11.5 Å².